The van der Waals surface area contributed by atoms with E-state index < -0.39 is 5.82 Å². The van der Waals surface area contributed by atoms with E-state index in [9.17, 15) is 9.18 Å². The lowest BCUT2D eigenvalue weighted by atomic mass is 10.0. The molecule has 0 heterocycles. The van der Waals surface area contributed by atoms with Crippen LogP contribution in [-0.2, 0) is 0 Å². The Bertz CT molecular complexity index is 531. The molecule has 1 amide bonds. The number of carbonyl (C=O) groups excluding carboxylic acids is 1. The highest BCUT2D eigenvalue weighted by Crippen LogP contribution is 2.15. The molecule has 0 bridgehead atoms. The molecule has 0 aliphatic rings. The first kappa shape index (κ1) is 16.2. The van der Waals surface area contributed by atoms with Crippen LogP contribution in [0, 0.1) is 17.7 Å². The maximum absolute atomic E-state index is 13.3. The van der Waals surface area contributed by atoms with Gasteiger partial charge in [-0.3, -0.25) is 4.79 Å². The second-order valence-corrected chi connectivity index (χ2v) is 4.70. The molecule has 1 N–H and O–H groups in total. The number of carbonyl (C=O) groups is 1. The molecule has 108 valence electrons. The lowest BCUT2D eigenvalue weighted by molar-refractivity contribution is 0.0736. The number of nitrogens with zero attached hydrogens (tertiary/aromatic N) is 1. The Balaban J connectivity index is 3.09. The lowest BCUT2D eigenvalue weighted by Crippen LogP contribution is -2.35. The number of hydrogen-bond donors (Lipinski definition) is 1. The molecule has 1 aromatic rings. The lowest BCUT2D eigenvalue weighted by Gasteiger charge is -2.25. The first-order chi connectivity index (χ1) is 9.51. The first-order valence-corrected chi connectivity index (χ1v) is 6.67. The van der Waals surface area contributed by atoms with Crippen LogP contribution in [0.25, 0.3) is 0 Å². The molecule has 0 spiro atoms. The smallest absolute Gasteiger partial charge is 0.255 e. The third-order valence-electron chi connectivity index (χ3n) is 3.20. The van der Waals surface area contributed by atoms with Crippen LogP contribution in [0.1, 0.15) is 42.6 Å². The summed E-state index contributed by atoms with van der Waals surface area (Å²) in [4.78, 5) is 14.1. The Morgan fingerprint density at radius 1 is 1.50 bits per heavy atom. The van der Waals surface area contributed by atoms with E-state index in [1.165, 1.54) is 18.2 Å². The zero-order valence-corrected chi connectivity index (χ0v) is 12.1. The fourth-order valence-corrected chi connectivity index (χ4v) is 1.94. The fourth-order valence-electron chi connectivity index (χ4n) is 1.94. The van der Waals surface area contributed by atoms with Gasteiger partial charge in [0.15, 0.2) is 0 Å². The molecule has 4 heteroatoms. The van der Waals surface area contributed by atoms with Crippen LogP contribution in [0.2, 0.25) is 0 Å². The molecular weight excluding hydrogens is 257 g/mol. The minimum absolute atomic E-state index is 0.108. The molecule has 1 atom stereocenters. The average Bonchev–Trinajstić information content (AvgIpc) is 2.44. The molecule has 20 heavy (non-hydrogen) atoms. The van der Waals surface area contributed by atoms with E-state index in [1.54, 1.807) is 11.9 Å². The van der Waals surface area contributed by atoms with Crippen molar-refractivity contribution in [1.82, 2.24) is 4.90 Å². The summed E-state index contributed by atoms with van der Waals surface area (Å²) in [5.41, 5.74) is 0.664. The maximum atomic E-state index is 13.3. The highest BCUT2D eigenvalue weighted by molar-refractivity contribution is 5.96. The summed E-state index contributed by atoms with van der Waals surface area (Å²) < 4.78 is 13.3. The Hall–Kier alpha value is -1.86. The largest absolute Gasteiger partial charge is 0.384 e. The Kier molecular flexibility index (Phi) is 6.20. The highest BCUT2D eigenvalue weighted by atomic mass is 19.1. The van der Waals surface area contributed by atoms with Crippen molar-refractivity contribution in [1.29, 1.82) is 0 Å². The Labute approximate surface area is 119 Å². The molecule has 1 rings (SSSR count). The molecule has 3 nitrogen and oxygen atoms in total. The summed E-state index contributed by atoms with van der Waals surface area (Å²) in [6.45, 7) is 3.71. The van der Waals surface area contributed by atoms with Gasteiger partial charge in [0.1, 0.15) is 12.4 Å². The molecule has 0 aliphatic carbocycles. The van der Waals surface area contributed by atoms with Crippen LogP contribution >= 0.6 is 0 Å². The van der Waals surface area contributed by atoms with Crippen molar-refractivity contribution >= 4 is 5.91 Å². The average molecular weight is 277 g/mol. The summed E-state index contributed by atoms with van der Waals surface area (Å²) in [5.74, 6) is 4.43. The van der Waals surface area contributed by atoms with E-state index in [-0.39, 0.29) is 18.6 Å². The highest BCUT2D eigenvalue weighted by Gasteiger charge is 2.19. The number of rotatable bonds is 4. The second-order valence-electron chi connectivity index (χ2n) is 4.70. The van der Waals surface area contributed by atoms with Crippen LogP contribution in [0.15, 0.2) is 18.2 Å². The van der Waals surface area contributed by atoms with Crippen molar-refractivity contribution in [3.05, 3.63) is 35.1 Å². The van der Waals surface area contributed by atoms with E-state index in [0.717, 1.165) is 12.8 Å². The van der Waals surface area contributed by atoms with Crippen molar-refractivity contribution in [3.63, 3.8) is 0 Å². The van der Waals surface area contributed by atoms with Gasteiger partial charge in [-0.25, -0.2) is 4.39 Å². The van der Waals surface area contributed by atoms with Crippen LogP contribution in [0.3, 0.4) is 0 Å². The molecule has 0 aromatic heterocycles. The normalized spacial score (nSPS) is 11.4. The van der Waals surface area contributed by atoms with E-state index >= 15 is 0 Å². The third-order valence-corrected chi connectivity index (χ3v) is 3.20. The van der Waals surface area contributed by atoms with Crippen LogP contribution < -0.4 is 0 Å². The van der Waals surface area contributed by atoms with Gasteiger partial charge in [-0.1, -0.05) is 25.2 Å². The van der Waals surface area contributed by atoms with Gasteiger partial charge in [0.25, 0.3) is 5.91 Å². The number of halogens is 1. The number of benzene rings is 1. The molecule has 0 saturated heterocycles. The summed E-state index contributed by atoms with van der Waals surface area (Å²) >= 11 is 0. The van der Waals surface area contributed by atoms with E-state index in [2.05, 4.69) is 18.8 Å². The van der Waals surface area contributed by atoms with E-state index in [0.29, 0.717) is 11.1 Å². The number of aliphatic hydroxyl groups is 1. The first-order valence-electron chi connectivity index (χ1n) is 6.67. The number of amides is 1. The fraction of sp³-hybridized carbons (Fsp3) is 0.438. The zero-order valence-electron chi connectivity index (χ0n) is 12.1. The summed E-state index contributed by atoms with van der Waals surface area (Å²) in [7, 11) is 1.73. The molecular formula is C16H20FNO2. The van der Waals surface area contributed by atoms with Crippen molar-refractivity contribution in [3.8, 4) is 11.8 Å². The van der Waals surface area contributed by atoms with Gasteiger partial charge in [-0.15, -0.1) is 0 Å². The standard InChI is InChI=1S/C16H20FNO2/c1-4-6-12(2)18(3)16(20)15-9-8-14(17)11-13(15)7-5-10-19/h8-9,11-12,19H,4,6,10H2,1-3H3. The Morgan fingerprint density at radius 2 is 2.20 bits per heavy atom. The van der Waals surface area contributed by atoms with Gasteiger partial charge in [0.2, 0.25) is 0 Å². The number of hydrogen-bond acceptors (Lipinski definition) is 2. The SMILES string of the molecule is CCCC(C)N(C)C(=O)c1ccc(F)cc1C#CCO. The van der Waals surface area contributed by atoms with Crippen molar-refractivity contribution in [2.75, 3.05) is 13.7 Å². The van der Waals surface area contributed by atoms with Crippen LogP contribution in [0.5, 0.6) is 0 Å². The van der Waals surface area contributed by atoms with Gasteiger partial charge in [0, 0.05) is 18.7 Å². The maximum Gasteiger partial charge on any atom is 0.255 e. The van der Waals surface area contributed by atoms with Crippen LogP contribution in [0.4, 0.5) is 4.39 Å². The molecule has 0 saturated carbocycles. The van der Waals surface area contributed by atoms with Crippen molar-refractivity contribution in [2.24, 2.45) is 0 Å². The summed E-state index contributed by atoms with van der Waals surface area (Å²) in [6, 6.07) is 4.01. The summed E-state index contributed by atoms with van der Waals surface area (Å²) in [5, 5.41) is 8.73. The number of aliphatic hydroxyl groups excluding tert-OH is 1. The second kappa shape index (κ2) is 7.66. The van der Waals surface area contributed by atoms with Gasteiger partial charge in [-0.2, -0.15) is 0 Å². The minimum atomic E-state index is -0.451. The molecule has 1 unspecified atom stereocenters. The monoisotopic (exact) mass is 277 g/mol. The quantitative estimate of drug-likeness (QED) is 0.859. The predicted octanol–water partition coefficient (Wildman–Crippen LogP) is 2.43. The molecule has 0 radical (unpaired) electrons. The van der Waals surface area contributed by atoms with E-state index in [4.69, 9.17) is 5.11 Å². The van der Waals surface area contributed by atoms with Crippen molar-refractivity contribution in [2.45, 2.75) is 32.7 Å². The van der Waals surface area contributed by atoms with Gasteiger partial charge < -0.3 is 10.0 Å². The summed E-state index contributed by atoms with van der Waals surface area (Å²) in [6.07, 6.45) is 1.89. The van der Waals surface area contributed by atoms with Gasteiger partial charge in [0.05, 0.1) is 5.56 Å². The van der Waals surface area contributed by atoms with E-state index in [1.807, 2.05) is 6.92 Å². The van der Waals surface area contributed by atoms with Gasteiger partial charge in [-0.05, 0) is 31.5 Å². The molecule has 0 aliphatic heterocycles. The topological polar surface area (TPSA) is 40.5 Å². The van der Waals surface area contributed by atoms with Crippen molar-refractivity contribution < 1.29 is 14.3 Å². The zero-order chi connectivity index (χ0) is 15.1. The predicted molar refractivity (Wildman–Crippen MR) is 76.8 cm³/mol. The molecule has 1 aromatic carbocycles. The third kappa shape index (κ3) is 4.07. The van der Waals surface area contributed by atoms with Gasteiger partial charge >= 0.3 is 0 Å². The molecule has 0 fully saturated rings. The minimum Gasteiger partial charge on any atom is -0.384 e. The Morgan fingerprint density at radius 3 is 2.80 bits per heavy atom. The van der Waals surface area contributed by atoms with Crippen LogP contribution in [-0.4, -0.2) is 35.6 Å².